The zero-order valence-electron chi connectivity index (χ0n) is 23.1. The van der Waals surface area contributed by atoms with Gasteiger partial charge >= 0.3 is 5.97 Å². The maximum atomic E-state index is 14.7. The lowest BCUT2D eigenvalue weighted by Crippen LogP contribution is -2.48. The number of aliphatic hydroxyl groups is 1. The van der Waals surface area contributed by atoms with Crippen LogP contribution in [0.3, 0.4) is 0 Å². The van der Waals surface area contributed by atoms with Gasteiger partial charge in [0.15, 0.2) is 5.82 Å². The van der Waals surface area contributed by atoms with Crippen LogP contribution in [0.2, 0.25) is 10.0 Å². The van der Waals surface area contributed by atoms with Crippen molar-refractivity contribution >= 4 is 50.7 Å². The smallest absolute Gasteiger partial charge is 0.335 e. The second kappa shape index (κ2) is 11.3. The van der Waals surface area contributed by atoms with Gasteiger partial charge in [-0.25, -0.2) is 14.2 Å². The first-order valence-corrected chi connectivity index (χ1v) is 15.0. The summed E-state index contributed by atoms with van der Waals surface area (Å²) >= 11 is 14.1. The summed E-state index contributed by atoms with van der Waals surface area (Å²) in [5.41, 5.74) is -0.172. The maximum absolute atomic E-state index is 14.7. The molecule has 0 bridgehead atoms. The standard InChI is InChI=1S/C30H31Cl2FN2O5S/c1-5-15(2)26-18(24(35-40-26)23-19(31)7-6-8-20(23)32)14-39-17-9-10-30(38,29(3,4)13-17)28-34-25-21(33)11-16(27(36)37)12-22(25)41-28/h6-8,11-12,15,17,38H,5,9-10,13-14H2,1-4H3,(H,36,37)/t15?,17-,30-/m0/s1. The minimum atomic E-state index is -1.35. The molecule has 1 saturated carbocycles. The van der Waals surface area contributed by atoms with Crippen molar-refractivity contribution in [3.8, 4) is 11.3 Å². The van der Waals surface area contributed by atoms with E-state index in [9.17, 15) is 19.4 Å². The van der Waals surface area contributed by atoms with Crippen LogP contribution in [0, 0.1) is 11.2 Å². The second-order valence-electron chi connectivity index (χ2n) is 11.3. The number of halogens is 3. The molecule has 1 fully saturated rings. The van der Waals surface area contributed by atoms with Crippen LogP contribution < -0.4 is 0 Å². The number of benzene rings is 2. The Bertz CT molecular complexity index is 1600. The van der Waals surface area contributed by atoms with Crippen LogP contribution in [-0.2, 0) is 16.9 Å². The lowest BCUT2D eigenvalue weighted by Gasteiger charge is -2.47. The number of rotatable bonds is 8. The molecule has 1 aliphatic rings. The first kappa shape index (κ1) is 29.9. The fourth-order valence-electron chi connectivity index (χ4n) is 5.53. The van der Waals surface area contributed by atoms with E-state index in [4.69, 9.17) is 32.5 Å². The van der Waals surface area contributed by atoms with Gasteiger partial charge < -0.3 is 19.5 Å². The van der Waals surface area contributed by atoms with E-state index in [0.717, 1.165) is 35.1 Å². The van der Waals surface area contributed by atoms with Crippen molar-refractivity contribution in [1.82, 2.24) is 10.1 Å². The van der Waals surface area contributed by atoms with Crippen molar-refractivity contribution in [3.05, 3.63) is 68.1 Å². The summed E-state index contributed by atoms with van der Waals surface area (Å²) in [5.74, 6) is -1.12. The number of hydrogen-bond acceptors (Lipinski definition) is 7. The van der Waals surface area contributed by atoms with E-state index in [0.29, 0.717) is 50.3 Å². The van der Waals surface area contributed by atoms with E-state index < -0.39 is 22.8 Å². The summed E-state index contributed by atoms with van der Waals surface area (Å²) in [4.78, 5) is 15.8. The molecule has 7 nitrogen and oxygen atoms in total. The predicted molar refractivity (Wildman–Crippen MR) is 157 cm³/mol. The molecule has 2 N–H and O–H groups in total. The Balaban J connectivity index is 1.40. The number of carboxylic acids is 1. The number of aromatic nitrogens is 2. The average molecular weight is 622 g/mol. The first-order valence-electron chi connectivity index (χ1n) is 13.5. The molecule has 0 saturated heterocycles. The third-order valence-electron chi connectivity index (χ3n) is 8.28. The minimum Gasteiger partial charge on any atom is -0.478 e. The molecule has 2 aromatic heterocycles. The second-order valence-corrected chi connectivity index (χ2v) is 13.2. The molecule has 1 aliphatic carbocycles. The normalized spacial score (nSPS) is 21.3. The van der Waals surface area contributed by atoms with Crippen molar-refractivity contribution in [1.29, 1.82) is 0 Å². The van der Waals surface area contributed by atoms with Crippen LogP contribution >= 0.6 is 34.5 Å². The maximum Gasteiger partial charge on any atom is 0.335 e. The Morgan fingerprint density at radius 1 is 1.29 bits per heavy atom. The van der Waals surface area contributed by atoms with Gasteiger partial charge in [-0.15, -0.1) is 11.3 Å². The zero-order chi connectivity index (χ0) is 29.7. The minimum absolute atomic E-state index is 0.0633. The third kappa shape index (κ3) is 5.39. The van der Waals surface area contributed by atoms with Gasteiger partial charge in [0.2, 0.25) is 0 Å². The van der Waals surface area contributed by atoms with Gasteiger partial charge in [-0.2, -0.15) is 0 Å². The van der Waals surface area contributed by atoms with Crippen molar-refractivity contribution < 1.29 is 28.7 Å². The van der Waals surface area contributed by atoms with E-state index in [1.807, 2.05) is 13.8 Å². The number of ether oxygens (including phenoxy) is 1. The average Bonchev–Trinajstić information content (AvgIpc) is 3.54. The number of carboxylic acid groups (broad SMARTS) is 1. The molecule has 1 unspecified atom stereocenters. The number of thiazole rings is 1. The molecule has 11 heteroatoms. The van der Waals surface area contributed by atoms with Crippen molar-refractivity contribution in [2.75, 3.05) is 0 Å². The van der Waals surface area contributed by atoms with Gasteiger partial charge in [-0.3, -0.25) is 0 Å². The van der Waals surface area contributed by atoms with E-state index >= 15 is 0 Å². The van der Waals surface area contributed by atoms with Crippen LogP contribution in [0.5, 0.6) is 0 Å². The third-order valence-corrected chi connectivity index (χ3v) is 10.1. The number of aromatic carboxylic acids is 1. The van der Waals surface area contributed by atoms with Gasteiger partial charge in [0.05, 0.1) is 33.0 Å². The topological polar surface area (TPSA) is 106 Å². The van der Waals surface area contributed by atoms with E-state index in [1.54, 1.807) is 18.2 Å². The Morgan fingerprint density at radius 3 is 2.63 bits per heavy atom. The monoisotopic (exact) mass is 620 g/mol. The summed E-state index contributed by atoms with van der Waals surface area (Å²) in [7, 11) is 0. The number of fused-ring (bicyclic) bond motifs is 1. The molecule has 5 rings (SSSR count). The van der Waals surface area contributed by atoms with Crippen LogP contribution in [0.4, 0.5) is 4.39 Å². The Hall–Kier alpha value is -2.56. The van der Waals surface area contributed by atoms with Gasteiger partial charge in [-0.05, 0) is 49.9 Å². The lowest BCUT2D eigenvalue weighted by molar-refractivity contribution is -0.146. The lowest BCUT2D eigenvalue weighted by atomic mass is 9.64. The van der Waals surface area contributed by atoms with Crippen LogP contribution in [-0.4, -0.2) is 32.4 Å². The molecule has 218 valence electrons. The highest BCUT2D eigenvalue weighted by atomic mass is 35.5. The summed E-state index contributed by atoms with van der Waals surface area (Å²) in [6.07, 6.45) is 2.03. The van der Waals surface area contributed by atoms with Crippen LogP contribution in [0.15, 0.2) is 34.9 Å². The van der Waals surface area contributed by atoms with Gasteiger partial charge in [0.1, 0.15) is 27.6 Å². The van der Waals surface area contributed by atoms with E-state index in [-0.39, 0.29) is 29.7 Å². The van der Waals surface area contributed by atoms with Crippen molar-refractivity contribution in [2.45, 2.75) is 77.6 Å². The molecule has 41 heavy (non-hydrogen) atoms. The Labute approximate surface area is 251 Å². The molecule has 0 amide bonds. The SMILES string of the molecule is CCC(C)c1onc(-c2c(Cl)cccc2Cl)c1CO[C@H]1CC[C@](O)(c2nc3c(F)cc(C(=O)O)cc3s2)C(C)(C)C1. The quantitative estimate of drug-likeness (QED) is 0.203. The van der Waals surface area contributed by atoms with Crippen molar-refractivity contribution in [3.63, 3.8) is 0 Å². The molecule has 0 aliphatic heterocycles. The van der Waals surface area contributed by atoms with Crippen molar-refractivity contribution in [2.24, 2.45) is 5.41 Å². The molecule has 2 heterocycles. The molecule has 2 aromatic carbocycles. The molecule has 0 radical (unpaired) electrons. The number of carbonyl (C=O) groups is 1. The highest BCUT2D eigenvalue weighted by molar-refractivity contribution is 7.18. The fraction of sp³-hybridized carbons (Fsp3) is 0.433. The number of hydrogen-bond donors (Lipinski definition) is 2. The molecule has 3 atom stereocenters. The molecule has 0 spiro atoms. The van der Waals surface area contributed by atoms with E-state index in [2.05, 4.69) is 24.0 Å². The molecular weight excluding hydrogens is 590 g/mol. The first-order chi connectivity index (χ1) is 19.4. The van der Waals surface area contributed by atoms with Gasteiger partial charge in [0.25, 0.3) is 0 Å². The van der Waals surface area contributed by atoms with Crippen LogP contribution in [0.1, 0.15) is 86.0 Å². The fourth-order valence-corrected chi connectivity index (χ4v) is 7.43. The molecular formula is C30H31Cl2FN2O5S. The predicted octanol–water partition coefficient (Wildman–Crippen LogP) is 8.59. The van der Waals surface area contributed by atoms with E-state index in [1.165, 1.54) is 6.07 Å². The highest BCUT2D eigenvalue weighted by Crippen LogP contribution is 2.52. The van der Waals surface area contributed by atoms with Crippen LogP contribution in [0.25, 0.3) is 21.5 Å². The largest absolute Gasteiger partial charge is 0.478 e. The highest BCUT2D eigenvalue weighted by Gasteiger charge is 2.51. The summed E-state index contributed by atoms with van der Waals surface area (Å²) in [6, 6.07) is 7.63. The Morgan fingerprint density at radius 2 is 2.00 bits per heavy atom. The number of nitrogens with zero attached hydrogens (tertiary/aromatic N) is 2. The zero-order valence-corrected chi connectivity index (χ0v) is 25.5. The van der Waals surface area contributed by atoms with Gasteiger partial charge in [-0.1, -0.05) is 62.1 Å². The van der Waals surface area contributed by atoms with Gasteiger partial charge in [0, 0.05) is 22.5 Å². The Kier molecular flexibility index (Phi) is 8.22. The summed E-state index contributed by atoms with van der Waals surface area (Å²) in [5, 5.41) is 26.9. The summed E-state index contributed by atoms with van der Waals surface area (Å²) < 4.78 is 27.3. The summed E-state index contributed by atoms with van der Waals surface area (Å²) in [6.45, 7) is 8.23. The molecule has 4 aromatic rings.